The second-order valence-corrected chi connectivity index (χ2v) is 24.5. The number of amides is 4. The zero-order chi connectivity index (χ0) is 55.9. The van der Waals surface area contributed by atoms with Crippen LogP contribution in [0.25, 0.3) is 43.1 Å². The first-order valence-electron chi connectivity index (χ1n) is 33.1. The third-order valence-electron chi connectivity index (χ3n) is 18.4. The highest BCUT2D eigenvalue weighted by Crippen LogP contribution is 2.49. The summed E-state index contributed by atoms with van der Waals surface area (Å²) in [5.74, 6) is -1.16. The Hall–Kier alpha value is -4.40. The molecule has 0 spiro atoms. The van der Waals surface area contributed by atoms with Crippen molar-refractivity contribution in [1.82, 2.24) is 9.80 Å². The number of rotatable bonds is 43. The van der Waals surface area contributed by atoms with Crippen LogP contribution in [0.5, 0.6) is 0 Å². The topological polar surface area (TPSA) is 115 Å². The van der Waals surface area contributed by atoms with E-state index in [-0.39, 0.29) is 41.3 Å². The maximum atomic E-state index is 15.2. The third kappa shape index (κ3) is 15.8. The zero-order valence-electron chi connectivity index (χ0n) is 50.0. The zero-order valence-corrected chi connectivity index (χ0v) is 50.0. The summed E-state index contributed by atoms with van der Waals surface area (Å²) in [6.45, 7) is 9.01. The van der Waals surface area contributed by atoms with Crippen LogP contribution in [-0.4, -0.2) is 55.7 Å². The van der Waals surface area contributed by atoms with Crippen LogP contribution in [0.2, 0.25) is 0 Å². The molecule has 5 aromatic carbocycles. The van der Waals surface area contributed by atoms with Crippen molar-refractivity contribution in [1.29, 1.82) is 0 Å². The number of unbranched alkanes of at least 4 members (excludes halogenated alkanes) is 32. The number of hydrogen-bond donors (Lipinski definition) is 2. The quantitative estimate of drug-likeness (QED) is 0.0132. The standard InChI is InChI=1S/C71H104N2O6/c1-5-9-13-17-21-25-29-33-37-41-52(42-38-34-30-26-22-18-14-10-6-2)72-67(74)57-48-45-54-55-46-49-59-65-60(51-61(71(78)79)63(66(55)65)56-47-50-58(68(72)75)64(57)62(54)56)70(77)73(69(59)76)53(43-39-35-31-27-23-19-15-11-7-3)44-40-36-32-28-24-20-16-12-8-4/h45-53,71,78-79H,5-44H2,1-4H3. The van der Waals surface area contributed by atoms with Crippen molar-refractivity contribution in [2.75, 3.05) is 0 Å². The molecule has 0 bridgehead atoms. The van der Waals surface area contributed by atoms with Gasteiger partial charge in [-0.05, 0) is 82.3 Å². The summed E-state index contributed by atoms with van der Waals surface area (Å²) in [4.78, 5) is 63.5. The van der Waals surface area contributed by atoms with Gasteiger partial charge in [0.15, 0.2) is 6.29 Å². The molecule has 8 nitrogen and oxygen atoms in total. The Bertz CT molecular complexity index is 2640. The molecule has 2 N–H and O–H groups in total. The highest BCUT2D eigenvalue weighted by molar-refractivity contribution is 6.41. The Kier molecular flexibility index (Phi) is 25.9. The predicted octanol–water partition coefficient (Wildman–Crippen LogP) is 20.3. The van der Waals surface area contributed by atoms with Gasteiger partial charge in [-0.25, -0.2) is 0 Å². The van der Waals surface area contributed by atoms with Gasteiger partial charge in [0, 0.05) is 50.7 Å². The highest BCUT2D eigenvalue weighted by Gasteiger charge is 2.41. The van der Waals surface area contributed by atoms with Crippen molar-refractivity contribution < 1.29 is 29.4 Å². The van der Waals surface area contributed by atoms with Crippen molar-refractivity contribution in [3.8, 4) is 0 Å². The van der Waals surface area contributed by atoms with Crippen LogP contribution in [0.4, 0.5) is 0 Å². The summed E-state index contributed by atoms with van der Waals surface area (Å²) in [6, 6.07) is 12.6. The maximum absolute atomic E-state index is 15.2. The van der Waals surface area contributed by atoms with Crippen LogP contribution in [0.15, 0.2) is 42.5 Å². The number of imide groups is 2. The van der Waals surface area contributed by atoms with Gasteiger partial charge in [0.25, 0.3) is 23.6 Å². The second-order valence-electron chi connectivity index (χ2n) is 24.5. The molecule has 0 saturated heterocycles. The maximum Gasteiger partial charge on any atom is 0.261 e. The first-order chi connectivity index (χ1) is 38.7. The first-order valence-corrected chi connectivity index (χ1v) is 33.1. The Balaban J connectivity index is 1.17. The lowest BCUT2D eigenvalue weighted by Crippen LogP contribution is -2.47. The van der Waals surface area contributed by atoms with E-state index in [4.69, 9.17) is 0 Å². The number of fused-ring (bicyclic) bond motifs is 2. The molecule has 2 aliphatic rings. The lowest BCUT2D eigenvalue weighted by molar-refractivity contribution is -0.0412. The Morgan fingerprint density at radius 2 is 0.570 bits per heavy atom. The monoisotopic (exact) mass is 1080 g/mol. The molecule has 5 aromatic rings. The van der Waals surface area contributed by atoms with E-state index in [0.717, 1.165) is 106 Å². The van der Waals surface area contributed by atoms with E-state index < -0.39 is 6.29 Å². The van der Waals surface area contributed by atoms with E-state index in [2.05, 4.69) is 27.7 Å². The van der Waals surface area contributed by atoms with Crippen molar-refractivity contribution in [3.63, 3.8) is 0 Å². The molecule has 2 aliphatic heterocycles. The van der Waals surface area contributed by atoms with E-state index in [1.54, 1.807) is 11.0 Å². The van der Waals surface area contributed by atoms with E-state index >= 15 is 19.2 Å². The van der Waals surface area contributed by atoms with Gasteiger partial charge in [-0.15, -0.1) is 0 Å². The lowest BCUT2D eigenvalue weighted by atomic mass is 9.80. The molecule has 0 radical (unpaired) electrons. The van der Waals surface area contributed by atoms with Crippen LogP contribution in [0.1, 0.15) is 338 Å². The molecule has 79 heavy (non-hydrogen) atoms. The average Bonchev–Trinajstić information content (AvgIpc) is 3.53. The summed E-state index contributed by atoms with van der Waals surface area (Å²) >= 11 is 0. The molecule has 7 rings (SSSR count). The lowest BCUT2D eigenvalue weighted by Gasteiger charge is -2.36. The van der Waals surface area contributed by atoms with E-state index in [1.165, 1.54) is 172 Å². The summed E-state index contributed by atoms with van der Waals surface area (Å²) in [5, 5.41) is 28.0. The number of benzene rings is 5. The van der Waals surface area contributed by atoms with Crippen molar-refractivity contribution in [2.24, 2.45) is 0 Å². The van der Waals surface area contributed by atoms with Gasteiger partial charge in [0.1, 0.15) is 0 Å². The molecular formula is C71H104N2O6. The molecule has 0 fully saturated rings. The van der Waals surface area contributed by atoms with E-state index in [1.807, 2.05) is 36.4 Å². The van der Waals surface area contributed by atoms with Crippen LogP contribution in [0, 0.1) is 0 Å². The van der Waals surface area contributed by atoms with Crippen LogP contribution in [-0.2, 0) is 0 Å². The van der Waals surface area contributed by atoms with Gasteiger partial charge >= 0.3 is 0 Å². The summed E-state index contributed by atoms with van der Waals surface area (Å²) < 4.78 is 0. The van der Waals surface area contributed by atoms with Gasteiger partial charge in [0.2, 0.25) is 0 Å². The molecular weight excluding hydrogens is 977 g/mol. The number of carbonyl (C=O) groups is 4. The predicted molar refractivity (Wildman–Crippen MR) is 331 cm³/mol. The largest absolute Gasteiger partial charge is 0.364 e. The molecule has 0 aliphatic carbocycles. The normalized spacial score (nSPS) is 13.8. The number of aliphatic hydroxyl groups is 2. The molecule has 2 heterocycles. The Labute approximate surface area is 476 Å². The van der Waals surface area contributed by atoms with Gasteiger partial charge in [0.05, 0.1) is 0 Å². The number of carbonyl (C=O) groups excluding carboxylic acids is 4. The Morgan fingerprint density at radius 1 is 0.304 bits per heavy atom. The van der Waals surface area contributed by atoms with Gasteiger partial charge in [-0.3, -0.25) is 29.0 Å². The fourth-order valence-corrected chi connectivity index (χ4v) is 13.9. The number of aliphatic hydroxyl groups excluding tert-OH is 1. The molecule has 8 heteroatoms. The van der Waals surface area contributed by atoms with E-state index in [0.29, 0.717) is 49.2 Å². The fraction of sp³-hybridized carbons (Fsp3) is 0.662. The Morgan fingerprint density at radius 3 is 0.886 bits per heavy atom. The third-order valence-corrected chi connectivity index (χ3v) is 18.4. The minimum absolute atomic E-state index is 0.182. The average molecular weight is 1080 g/mol. The van der Waals surface area contributed by atoms with Crippen molar-refractivity contribution in [2.45, 2.75) is 303 Å². The number of nitrogens with zero attached hydrogens (tertiary/aromatic N) is 2. The van der Waals surface area contributed by atoms with E-state index in [9.17, 15) is 10.2 Å². The molecule has 0 aromatic heterocycles. The van der Waals surface area contributed by atoms with Crippen LogP contribution >= 0.6 is 0 Å². The minimum Gasteiger partial charge on any atom is -0.364 e. The van der Waals surface area contributed by atoms with Gasteiger partial charge < -0.3 is 10.2 Å². The first kappa shape index (κ1) is 62.2. The highest BCUT2D eigenvalue weighted by atomic mass is 16.5. The van der Waals surface area contributed by atoms with Gasteiger partial charge in [-0.1, -0.05) is 277 Å². The SMILES string of the molecule is CCCCCCCCCCCC(CCCCCCCCCCC)N1C(=O)c2ccc3c4ccc5c6c(cc(C(O)O)c(c7ccc(c2c37)C1=O)c64)C(=O)N(C(CCCCCCCCCCC)CCCCCCCCCCC)C5=O. The molecule has 434 valence electrons. The van der Waals surface area contributed by atoms with Crippen LogP contribution < -0.4 is 0 Å². The number of hydrogen-bond acceptors (Lipinski definition) is 6. The van der Waals surface area contributed by atoms with Crippen LogP contribution in [0.3, 0.4) is 0 Å². The summed E-state index contributed by atoms with van der Waals surface area (Å²) in [5.41, 5.74) is 1.94. The summed E-state index contributed by atoms with van der Waals surface area (Å²) in [7, 11) is 0. The molecule has 0 atom stereocenters. The summed E-state index contributed by atoms with van der Waals surface area (Å²) in [6.07, 6.45) is 44.5. The van der Waals surface area contributed by atoms with Crippen molar-refractivity contribution in [3.05, 3.63) is 70.3 Å². The molecule has 4 amide bonds. The minimum atomic E-state index is -1.93. The fourth-order valence-electron chi connectivity index (χ4n) is 13.9. The molecule has 0 unspecified atom stereocenters. The van der Waals surface area contributed by atoms with Crippen molar-refractivity contribution >= 4 is 66.7 Å². The van der Waals surface area contributed by atoms with Gasteiger partial charge in [-0.2, -0.15) is 0 Å². The second kappa shape index (κ2) is 32.9. The smallest absolute Gasteiger partial charge is 0.261 e. The molecule has 0 saturated carbocycles.